The summed E-state index contributed by atoms with van der Waals surface area (Å²) in [5, 5.41) is 2.86. The lowest BCUT2D eigenvalue weighted by Crippen LogP contribution is -2.39. The third-order valence-corrected chi connectivity index (χ3v) is 4.72. The first-order valence-electron chi connectivity index (χ1n) is 9.13. The number of nitrogens with zero attached hydrogens (tertiary/aromatic N) is 2. The number of aryl methyl sites for hydroxylation is 1. The second kappa shape index (κ2) is 8.13. The van der Waals surface area contributed by atoms with Crippen molar-refractivity contribution in [3.8, 4) is 0 Å². The number of piperidine rings is 1. The van der Waals surface area contributed by atoms with E-state index in [0.29, 0.717) is 18.2 Å². The predicted octanol–water partition coefficient (Wildman–Crippen LogP) is 3.19. The number of nitrogens with one attached hydrogen (secondary N) is 1. The molecule has 0 bridgehead atoms. The van der Waals surface area contributed by atoms with E-state index in [1.54, 1.807) is 18.2 Å². The summed E-state index contributed by atoms with van der Waals surface area (Å²) in [5.74, 6) is 0.144. The van der Waals surface area contributed by atoms with Gasteiger partial charge in [-0.05, 0) is 43.4 Å². The zero-order valence-corrected chi connectivity index (χ0v) is 15.4. The first kappa shape index (κ1) is 18.1. The Morgan fingerprint density at radius 2 is 1.88 bits per heavy atom. The maximum atomic E-state index is 12.7. The van der Waals surface area contributed by atoms with Gasteiger partial charge in [0, 0.05) is 19.6 Å². The smallest absolute Gasteiger partial charge is 0.272 e. The summed E-state index contributed by atoms with van der Waals surface area (Å²) < 4.78 is 0. The Bertz CT molecular complexity index is 786. The molecule has 1 aliphatic heterocycles. The fourth-order valence-corrected chi connectivity index (χ4v) is 3.19. The average molecular weight is 351 g/mol. The Morgan fingerprint density at radius 3 is 2.62 bits per heavy atom. The molecule has 1 aromatic heterocycles. The van der Waals surface area contributed by atoms with Crippen LogP contribution in [0.2, 0.25) is 0 Å². The molecule has 0 radical (unpaired) electrons. The van der Waals surface area contributed by atoms with Crippen molar-refractivity contribution in [3.63, 3.8) is 0 Å². The van der Waals surface area contributed by atoms with Gasteiger partial charge in [0.1, 0.15) is 11.4 Å². The summed E-state index contributed by atoms with van der Waals surface area (Å²) in [6.45, 7) is 6.13. The van der Waals surface area contributed by atoms with Crippen LogP contribution >= 0.6 is 0 Å². The first-order chi connectivity index (χ1) is 12.5. The number of amides is 2. The van der Waals surface area contributed by atoms with Crippen molar-refractivity contribution in [1.82, 2.24) is 15.2 Å². The van der Waals surface area contributed by atoms with Crippen LogP contribution in [0.25, 0.3) is 0 Å². The minimum absolute atomic E-state index is 0.0928. The molecule has 1 N–H and O–H groups in total. The number of carbonyl (C=O) groups is 2. The van der Waals surface area contributed by atoms with E-state index in [4.69, 9.17) is 0 Å². The molecule has 5 nitrogen and oxygen atoms in total. The highest BCUT2D eigenvalue weighted by Gasteiger charge is 2.23. The molecule has 2 aromatic rings. The minimum atomic E-state index is -0.271. The SMILES string of the molecule is Cc1ccc(CNC(=O)c2cccc(C(=O)N3CCCC(C)C3)n2)cc1. The van der Waals surface area contributed by atoms with Crippen LogP contribution in [0.4, 0.5) is 0 Å². The standard InChI is InChI=1S/C21H25N3O2/c1-15-8-10-17(11-9-15)13-22-20(25)18-6-3-7-19(23-18)21(26)24-12-4-5-16(2)14-24/h3,6-11,16H,4-5,12-14H2,1-2H3,(H,22,25). The van der Waals surface area contributed by atoms with Gasteiger partial charge in [-0.3, -0.25) is 9.59 Å². The summed E-state index contributed by atoms with van der Waals surface area (Å²) in [7, 11) is 0. The summed E-state index contributed by atoms with van der Waals surface area (Å²) in [4.78, 5) is 31.2. The number of aromatic nitrogens is 1. The average Bonchev–Trinajstić information content (AvgIpc) is 2.67. The fraction of sp³-hybridized carbons (Fsp3) is 0.381. The lowest BCUT2D eigenvalue weighted by molar-refractivity contribution is 0.0677. The van der Waals surface area contributed by atoms with E-state index in [2.05, 4.69) is 17.2 Å². The molecule has 1 aliphatic rings. The number of benzene rings is 1. The first-order valence-corrected chi connectivity index (χ1v) is 9.13. The van der Waals surface area contributed by atoms with E-state index < -0.39 is 0 Å². The fourth-order valence-electron chi connectivity index (χ4n) is 3.19. The number of hydrogen-bond acceptors (Lipinski definition) is 3. The number of hydrogen-bond donors (Lipinski definition) is 1. The topological polar surface area (TPSA) is 62.3 Å². The van der Waals surface area contributed by atoms with E-state index in [-0.39, 0.29) is 17.5 Å². The zero-order chi connectivity index (χ0) is 18.5. The molecule has 3 rings (SSSR count). The van der Waals surface area contributed by atoms with Gasteiger partial charge in [-0.15, -0.1) is 0 Å². The van der Waals surface area contributed by atoms with Crippen molar-refractivity contribution in [2.45, 2.75) is 33.2 Å². The maximum Gasteiger partial charge on any atom is 0.272 e. The Kier molecular flexibility index (Phi) is 5.66. The summed E-state index contributed by atoms with van der Waals surface area (Å²) >= 11 is 0. The molecular weight excluding hydrogens is 326 g/mol. The molecule has 1 atom stereocenters. The van der Waals surface area contributed by atoms with Gasteiger partial charge in [0.25, 0.3) is 11.8 Å². The van der Waals surface area contributed by atoms with Gasteiger partial charge in [0.2, 0.25) is 0 Å². The zero-order valence-electron chi connectivity index (χ0n) is 15.4. The molecule has 1 unspecified atom stereocenters. The van der Waals surface area contributed by atoms with Crippen molar-refractivity contribution >= 4 is 11.8 Å². The van der Waals surface area contributed by atoms with Gasteiger partial charge in [0.15, 0.2) is 0 Å². The molecule has 0 spiro atoms. The van der Waals surface area contributed by atoms with Gasteiger partial charge in [-0.2, -0.15) is 0 Å². The van der Waals surface area contributed by atoms with Crippen LogP contribution in [0.15, 0.2) is 42.5 Å². The minimum Gasteiger partial charge on any atom is -0.347 e. The molecule has 1 fully saturated rings. The quantitative estimate of drug-likeness (QED) is 0.920. The molecule has 0 aliphatic carbocycles. The lowest BCUT2D eigenvalue weighted by atomic mass is 10.00. The molecule has 1 saturated heterocycles. The highest BCUT2D eigenvalue weighted by atomic mass is 16.2. The maximum absolute atomic E-state index is 12.7. The second-order valence-corrected chi connectivity index (χ2v) is 7.07. The Hall–Kier alpha value is -2.69. The van der Waals surface area contributed by atoms with Crippen molar-refractivity contribution in [3.05, 3.63) is 65.0 Å². The third kappa shape index (κ3) is 4.48. The number of carbonyl (C=O) groups excluding carboxylic acids is 2. The summed E-state index contributed by atoms with van der Waals surface area (Å²) in [6.07, 6.45) is 2.17. The highest BCUT2D eigenvalue weighted by molar-refractivity contribution is 5.96. The van der Waals surface area contributed by atoms with Crippen molar-refractivity contribution < 1.29 is 9.59 Å². The number of pyridine rings is 1. The van der Waals surface area contributed by atoms with E-state index in [0.717, 1.165) is 31.5 Å². The van der Waals surface area contributed by atoms with Gasteiger partial charge in [0.05, 0.1) is 0 Å². The monoisotopic (exact) mass is 351 g/mol. The van der Waals surface area contributed by atoms with Crippen LogP contribution in [0, 0.1) is 12.8 Å². The van der Waals surface area contributed by atoms with Gasteiger partial charge in [-0.1, -0.05) is 42.8 Å². The van der Waals surface area contributed by atoms with Crippen LogP contribution in [0.3, 0.4) is 0 Å². The third-order valence-electron chi connectivity index (χ3n) is 4.72. The van der Waals surface area contributed by atoms with Crippen molar-refractivity contribution in [2.24, 2.45) is 5.92 Å². The summed E-state index contributed by atoms with van der Waals surface area (Å²) in [5.41, 5.74) is 2.81. The second-order valence-electron chi connectivity index (χ2n) is 7.07. The molecule has 2 amide bonds. The summed E-state index contributed by atoms with van der Waals surface area (Å²) in [6, 6.07) is 13.0. The van der Waals surface area contributed by atoms with Crippen LogP contribution in [-0.2, 0) is 6.54 Å². The number of likely N-dealkylation sites (tertiary alicyclic amines) is 1. The van der Waals surface area contributed by atoms with Crippen molar-refractivity contribution in [1.29, 1.82) is 0 Å². The highest BCUT2D eigenvalue weighted by Crippen LogP contribution is 2.17. The van der Waals surface area contributed by atoms with Gasteiger partial charge < -0.3 is 10.2 Å². The van der Waals surface area contributed by atoms with Gasteiger partial charge in [-0.25, -0.2) is 4.98 Å². The Morgan fingerprint density at radius 1 is 1.15 bits per heavy atom. The Labute approximate surface area is 154 Å². The molecule has 0 saturated carbocycles. The Balaban J connectivity index is 1.65. The van der Waals surface area contributed by atoms with E-state index in [1.807, 2.05) is 36.1 Å². The molecular formula is C21H25N3O2. The van der Waals surface area contributed by atoms with Crippen LogP contribution < -0.4 is 5.32 Å². The van der Waals surface area contributed by atoms with Crippen molar-refractivity contribution in [2.75, 3.05) is 13.1 Å². The normalized spacial score (nSPS) is 17.0. The predicted molar refractivity (Wildman–Crippen MR) is 101 cm³/mol. The van der Waals surface area contributed by atoms with E-state index >= 15 is 0 Å². The lowest BCUT2D eigenvalue weighted by Gasteiger charge is -2.30. The van der Waals surface area contributed by atoms with Crippen LogP contribution in [0.5, 0.6) is 0 Å². The van der Waals surface area contributed by atoms with Crippen LogP contribution in [0.1, 0.15) is 51.9 Å². The molecule has 5 heteroatoms. The molecule has 1 aromatic carbocycles. The van der Waals surface area contributed by atoms with Gasteiger partial charge >= 0.3 is 0 Å². The molecule has 136 valence electrons. The number of rotatable bonds is 4. The largest absolute Gasteiger partial charge is 0.347 e. The molecule has 26 heavy (non-hydrogen) atoms. The van der Waals surface area contributed by atoms with E-state index in [1.165, 1.54) is 5.56 Å². The molecule has 2 heterocycles. The van der Waals surface area contributed by atoms with Crippen LogP contribution in [-0.4, -0.2) is 34.8 Å². The van der Waals surface area contributed by atoms with E-state index in [9.17, 15) is 9.59 Å².